The number of furan rings is 1. The topological polar surface area (TPSA) is 25.2 Å². The summed E-state index contributed by atoms with van der Waals surface area (Å²) in [6, 6.07) is 9.53. The third-order valence-corrected chi connectivity index (χ3v) is 3.47. The van der Waals surface area contributed by atoms with E-state index in [1.165, 1.54) is 0 Å². The lowest BCUT2D eigenvalue weighted by Crippen LogP contribution is -2.22. The van der Waals surface area contributed by atoms with Crippen LogP contribution in [0.4, 0.5) is 0 Å². The molecule has 1 N–H and O–H groups in total. The van der Waals surface area contributed by atoms with Crippen molar-refractivity contribution in [2.45, 2.75) is 25.9 Å². The van der Waals surface area contributed by atoms with Gasteiger partial charge in [0.1, 0.15) is 5.76 Å². The summed E-state index contributed by atoms with van der Waals surface area (Å²) >= 11 is 12.2. The zero-order valence-corrected chi connectivity index (χ0v) is 11.8. The number of halogens is 2. The minimum atomic E-state index is 0.0938. The third-order valence-electron chi connectivity index (χ3n) is 2.89. The van der Waals surface area contributed by atoms with Crippen LogP contribution in [0.1, 0.15) is 37.3 Å². The second kappa shape index (κ2) is 5.79. The highest BCUT2D eigenvalue weighted by Crippen LogP contribution is 2.28. The summed E-state index contributed by atoms with van der Waals surface area (Å²) in [6.07, 6.45) is 1.67. The summed E-state index contributed by atoms with van der Waals surface area (Å²) in [7, 11) is 0. The highest BCUT2D eigenvalue weighted by atomic mass is 35.5. The number of hydrogen-bond donors (Lipinski definition) is 1. The number of nitrogens with one attached hydrogen (secondary N) is 1. The minimum Gasteiger partial charge on any atom is -0.468 e. The molecule has 2 aromatic rings. The third kappa shape index (κ3) is 3.08. The fourth-order valence-corrected chi connectivity index (χ4v) is 2.39. The Bertz CT molecular complexity index is 511. The van der Waals surface area contributed by atoms with Gasteiger partial charge in [-0.2, -0.15) is 0 Å². The van der Waals surface area contributed by atoms with Gasteiger partial charge in [0.2, 0.25) is 0 Å². The van der Waals surface area contributed by atoms with Crippen LogP contribution in [0.3, 0.4) is 0 Å². The van der Waals surface area contributed by atoms with E-state index >= 15 is 0 Å². The molecule has 0 spiro atoms. The molecule has 2 unspecified atom stereocenters. The molecule has 0 amide bonds. The molecule has 0 aliphatic heterocycles. The van der Waals surface area contributed by atoms with Crippen molar-refractivity contribution in [2.75, 3.05) is 0 Å². The van der Waals surface area contributed by atoms with Crippen molar-refractivity contribution in [3.63, 3.8) is 0 Å². The summed E-state index contributed by atoms with van der Waals surface area (Å²) in [6.45, 7) is 4.10. The zero-order chi connectivity index (χ0) is 13.1. The van der Waals surface area contributed by atoms with Crippen molar-refractivity contribution < 1.29 is 4.42 Å². The molecule has 18 heavy (non-hydrogen) atoms. The molecule has 1 aromatic carbocycles. The molecule has 4 heteroatoms. The molecule has 1 aromatic heterocycles. The Morgan fingerprint density at radius 3 is 2.56 bits per heavy atom. The van der Waals surface area contributed by atoms with Crippen molar-refractivity contribution in [3.8, 4) is 0 Å². The van der Waals surface area contributed by atoms with Gasteiger partial charge in [-0.05, 0) is 49.7 Å². The Balaban J connectivity index is 2.12. The summed E-state index contributed by atoms with van der Waals surface area (Å²) in [4.78, 5) is 0. The first-order chi connectivity index (χ1) is 8.58. The predicted molar refractivity (Wildman–Crippen MR) is 75.1 cm³/mol. The van der Waals surface area contributed by atoms with Gasteiger partial charge in [-0.25, -0.2) is 0 Å². The first-order valence-corrected chi connectivity index (χ1v) is 6.58. The molecule has 0 radical (unpaired) electrons. The van der Waals surface area contributed by atoms with Gasteiger partial charge >= 0.3 is 0 Å². The number of benzene rings is 1. The molecule has 96 valence electrons. The van der Waals surface area contributed by atoms with Crippen molar-refractivity contribution >= 4 is 23.2 Å². The van der Waals surface area contributed by atoms with Gasteiger partial charge in [0.15, 0.2) is 0 Å². The van der Waals surface area contributed by atoms with Gasteiger partial charge in [-0.15, -0.1) is 0 Å². The predicted octanol–water partition coefficient (Wildman–Crippen LogP) is 5.00. The van der Waals surface area contributed by atoms with Crippen molar-refractivity contribution in [1.29, 1.82) is 0 Å². The quantitative estimate of drug-likeness (QED) is 0.854. The highest BCUT2D eigenvalue weighted by Gasteiger charge is 2.15. The number of rotatable bonds is 4. The molecule has 0 fully saturated rings. The van der Waals surface area contributed by atoms with Crippen molar-refractivity contribution in [2.24, 2.45) is 0 Å². The fourth-order valence-electron chi connectivity index (χ4n) is 1.93. The van der Waals surface area contributed by atoms with Gasteiger partial charge in [-0.3, -0.25) is 0 Å². The molecule has 0 aliphatic carbocycles. The molecule has 0 saturated heterocycles. The van der Waals surface area contributed by atoms with E-state index < -0.39 is 0 Å². The van der Waals surface area contributed by atoms with E-state index in [9.17, 15) is 0 Å². The SMILES string of the molecule is CC(NC(C)c1cc(Cl)ccc1Cl)c1ccco1. The lowest BCUT2D eigenvalue weighted by Gasteiger charge is -2.20. The maximum absolute atomic E-state index is 6.18. The Morgan fingerprint density at radius 2 is 1.89 bits per heavy atom. The van der Waals surface area contributed by atoms with Gasteiger partial charge in [0.25, 0.3) is 0 Å². The minimum absolute atomic E-state index is 0.0938. The van der Waals surface area contributed by atoms with Gasteiger partial charge in [0, 0.05) is 16.1 Å². The van der Waals surface area contributed by atoms with Crippen molar-refractivity contribution in [3.05, 3.63) is 58.0 Å². The van der Waals surface area contributed by atoms with E-state index in [0.29, 0.717) is 10.0 Å². The van der Waals surface area contributed by atoms with Crippen LogP contribution in [-0.2, 0) is 0 Å². The summed E-state index contributed by atoms with van der Waals surface area (Å²) < 4.78 is 5.36. The van der Waals surface area contributed by atoms with Crippen molar-refractivity contribution in [1.82, 2.24) is 5.32 Å². The van der Waals surface area contributed by atoms with E-state index in [1.807, 2.05) is 31.2 Å². The normalized spacial score (nSPS) is 14.4. The molecule has 0 bridgehead atoms. The maximum Gasteiger partial charge on any atom is 0.120 e. The molecular weight excluding hydrogens is 269 g/mol. The Labute approximate surface area is 117 Å². The van der Waals surface area contributed by atoms with Crippen LogP contribution >= 0.6 is 23.2 Å². The Morgan fingerprint density at radius 1 is 1.11 bits per heavy atom. The highest BCUT2D eigenvalue weighted by molar-refractivity contribution is 6.33. The lowest BCUT2D eigenvalue weighted by atomic mass is 10.1. The van der Waals surface area contributed by atoms with Crippen LogP contribution in [-0.4, -0.2) is 0 Å². The second-order valence-electron chi connectivity index (χ2n) is 4.29. The van der Waals surface area contributed by atoms with E-state index in [0.717, 1.165) is 11.3 Å². The maximum atomic E-state index is 6.18. The number of hydrogen-bond acceptors (Lipinski definition) is 2. The lowest BCUT2D eigenvalue weighted by molar-refractivity contribution is 0.403. The molecular formula is C14H15Cl2NO. The monoisotopic (exact) mass is 283 g/mol. The molecule has 0 saturated carbocycles. The first kappa shape index (κ1) is 13.5. The van der Waals surface area contributed by atoms with E-state index in [4.69, 9.17) is 27.6 Å². The molecule has 2 atom stereocenters. The Hall–Kier alpha value is -0.960. The van der Waals surface area contributed by atoms with E-state index in [2.05, 4.69) is 12.2 Å². The molecule has 2 nitrogen and oxygen atoms in total. The van der Waals surface area contributed by atoms with Gasteiger partial charge in [-0.1, -0.05) is 23.2 Å². The van der Waals surface area contributed by atoms with Crippen LogP contribution in [0.2, 0.25) is 10.0 Å². The zero-order valence-electron chi connectivity index (χ0n) is 10.3. The van der Waals surface area contributed by atoms with Crippen LogP contribution in [0.15, 0.2) is 41.0 Å². The average Bonchev–Trinajstić information content (AvgIpc) is 2.85. The summed E-state index contributed by atoms with van der Waals surface area (Å²) in [5.41, 5.74) is 0.988. The molecule has 1 heterocycles. The van der Waals surface area contributed by atoms with Crippen LogP contribution in [0, 0.1) is 0 Å². The first-order valence-electron chi connectivity index (χ1n) is 5.82. The molecule has 2 rings (SSSR count). The van der Waals surface area contributed by atoms with Crippen LogP contribution in [0.25, 0.3) is 0 Å². The fraction of sp³-hybridized carbons (Fsp3) is 0.286. The second-order valence-corrected chi connectivity index (χ2v) is 5.13. The average molecular weight is 284 g/mol. The Kier molecular flexibility index (Phi) is 4.33. The summed E-state index contributed by atoms with van der Waals surface area (Å²) in [5.74, 6) is 0.903. The van der Waals surface area contributed by atoms with Crippen LogP contribution < -0.4 is 5.32 Å². The molecule has 0 aliphatic rings. The van der Waals surface area contributed by atoms with E-state index in [-0.39, 0.29) is 12.1 Å². The summed E-state index contributed by atoms with van der Waals surface area (Å²) in [5, 5.41) is 4.83. The van der Waals surface area contributed by atoms with Crippen LogP contribution in [0.5, 0.6) is 0 Å². The van der Waals surface area contributed by atoms with Gasteiger partial charge < -0.3 is 9.73 Å². The van der Waals surface area contributed by atoms with E-state index in [1.54, 1.807) is 12.3 Å². The largest absolute Gasteiger partial charge is 0.468 e. The smallest absolute Gasteiger partial charge is 0.120 e. The van der Waals surface area contributed by atoms with Gasteiger partial charge in [0.05, 0.1) is 12.3 Å². The standard InChI is InChI=1S/C14H15Cl2NO/c1-9(12-8-11(15)5-6-13(12)16)17-10(2)14-4-3-7-18-14/h3-10,17H,1-2H3.